The molecule has 0 fully saturated rings. The van der Waals surface area contributed by atoms with Crippen molar-refractivity contribution in [3.05, 3.63) is 23.1 Å². The maximum atomic E-state index is 9.04. The van der Waals surface area contributed by atoms with Crippen molar-refractivity contribution >= 4 is 17.2 Å². The minimum Gasteiger partial charge on any atom is -0.463 e. The summed E-state index contributed by atoms with van der Waals surface area (Å²) in [7, 11) is 1.51. The first-order chi connectivity index (χ1) is 7.76. The Kier molecular flexibility index (Phi) is 3.23. The molecule has 0 amide bonds. The monoisotopic (exact) mass is 243 g/mol. The number of ether oxygens (including phenoxy) is 2. The minimum atomic E-state index is -0.134. The number of halogens is 1. The Balaban J connectivity index is 2.43. The highest BCUT2D eigenvalue weighted by Gasteiger charge is 2.10. The lowest BCUT2D eigenvalue weighted by Gasteiger charge is -2.06. The highest BCUT2D eigenvalue weighted by Crippen LogP contribution is 2.23. The molecule has 1 N–H and O–H groups in total. The number of fused-ring (bicyclic) bond motifs is 1. The van der Waals surface area contributed by atoms with E-state index in [1.807, 2.05) is 0 Å². The molecule has 2 aromatic heterocycles. The third-order valence-corrected chi connectivity index (χ3v) is 2.26. The first-order valence-electron chi connectivity index (χ1n) is 4.51. The second-order valence-corrected chi connectivity index (χ2v) is 3.40. The van der Waals surface area contributed by atoms with Crippen LogP contribution in [0.4, 0.5) is 0 Å². The topological polar surface area (TPSA) is 68.9 Å². The molecule has 7 heteroatoms. The first-order valence-corrected chi connectivity index (χ1v) is 4.89. The predicted molar refractivity (Wildman–Crippen MR) is 56.4 cm³/mol. The number of aliphatic hydroxyl groups excluding tert-OH is 1. The van der Waals surface area contributed by atoms with E-state index in [0.717, 1.165) is 0 Å². The van der Waals surface area contributed by atoms with E-state index < -0.39 is 0 Å². The van der Waals surface area contributed by atoms with Gasteiger partial charge in [0.2, 0.25) is 0 Å². The van der Waals surface area contributed by atoms with Crippen molar-refractivity contribution in [3.8, 4) is 5.75 Å². The summed E-state index contributed by atoms with van der Waals surface area (Å²) in [6.45, 7) is -0.0495. The van der Waals surface area contributed by atoms with E-state index in [1.165, 1.54) is 17.8 Å². The van der Waals surface area contributed by atoms with Gasteiger partial charge in [0.1, 0.15) is 0 Å². The molecule has 0 aliphatic heterocycles. The molecular formula is C9H10ClN3O3. The van der Waals surface area contributed by atoms with E-state index in [-0.39, 0.29) is 18.6 Å². The lowest BCUT2D eigenvalue weighted by atomic mass is 10.4. The number of aliphatic hydroxyl groups is 1. The lowest BCUT2D eigenvalue weighted by Crippen LogP contribution is -2.02. The van der Waals surface area contributed by atoms with E-state index >= 15 is 0 Å². The number of nitrogens with zero attached hydrogens (tertiary/aromatic N) is 3. The zero-order chi connectivity index (χ0) is 11.5. The van der Waals surface area contributed by atoms with Crippen LogP contribution in [-0.4, -0.2) is 33.6 Å². The average Bonchev–Trinajstić information content (AvgIpc) is 2.68. The zero-order valence-electron chi connectivity index (χ0n) is 8.55. The summed E-state index contributed by atoms with van der Waals surface area (Å²) in [5, 5.41) is 13.3. The third-order valence-electron chi connectivity index (χ3n) is 1.99. The van der Waals surface area contributed by atoms with Gasteiger partial charge in [-0.2, -0.15) is 5.10 Å². The SMILES string of the molecule is COCOc1cn2ncc(CO)c2nc1Cl. The molecular weight excluding hydrogens is 234 g/mol. The molecule has 2 heterocycles. The molecule has 2 rings (SSSR count). The zero-order valence-corrected chi connectivity index (χ0v) is 9.31. The Hall–Kier alpha value is -1.37. The van der Waals surface area contributed by atoms with Gasteiger partial charge in [0, 0.05) is 12.7 Å². The Bertz CT molecular complexity index is 500. The Labute approximate surface area is 96.4 Å². The van der Waals surface area contributed by atoms with Crippen molar-refractivity contribution in [2.24, 2.45) is 0 Å². The molecule has 0 spiro atoms. The van der Waals surface area contributed by atoms with Gasteiger partial charge in [-0.25, -0.2) is 9.50 Å². The Morgan fingerprint density at radius 2 is 2.38 bits per heavy atom. The van der Waals surface area contributed by atoms with E-state index in [4.69, 9.17) is 26.2 Å². The largest absolute Gasteiger partial charge is 0.463 e. The fourth-order valence-electron chi connectivity index (χ4n) is 1.25. The summed E-state index contributed by atoms with van der Waals surface area (Å²) >= 11 is 5.91. The van der Waals surface area contributed by atoms with Gasteiger partial charge >= 0.3 is 0 Å². The van der Waals surface area contributed by atoms with Crippen LogP contribution in [0.5, 0.6) is 5.75 Å². The van der Waals surface area contributed by atoms with E-state index in [0.29, 0.717) is 17.0 Å². The van der Waals surface area contributed by atoms with Gasteiger partial charge in [-0.15, -0.1) is 0 Å². The van der Waals surface area contributed by atoms with Gasteiger partial charge in [-0.05, 0) is 0 Å². The van der Waals surface area contributed by atoms with Crippen LogP contribution in [0.2, 0.25) is 5.15 Å². The van der Waals surface area contributed by atoms with Crippen LogP contribution < -0.4 is 4.74 Å². The molecule has 16 heavy (non-hydrogen) atoms. The van der Waals surface area contributed by atoms with E-state index in [2.05, 4.69) is 10.1 Å². The predicted octanol–water partition coefficient (Wildman–Crippen LogP) is 0.858. The third kappa shape index (κ3) is 1.95. The number of rotatable bonds is 4. The van der Waals surface area contributed by atoms with Crippen LogP contribution in [0.15, 0.2) is 12.4 Å². The smallest absolute Gasteiger partial charge is 0.188 e. The van der Waals surface area contributed by atoms with Gasteiger partial charge in [0.05, 0.1) is 19.0 Å². The quantitative estimate of drug-likeness (QED) is 0.637. The summed E-state index contributed by atoms with van der Waals surface area (Å²) in [4.78, 5) is 4.08. The van der Waals surface area contributed by atoms with Gasteiger partial charge in [0.25, 0.3) is 0 Å². The molecule has 0 bridgehead atoms. The van der Waals surface area contributed by atoms with Crippen molar-refractivity contribution in [3.63, 3.8) is 0 Å². The summed E-state index contributed by atoms with van der Waals surface area (Å²) in [5.74, 6) is 0.378. The van der Waals surface area contributed by atoms with Crippen LogP contribution in [0.1, 0.15) is 5.56 Å². The second kappa shape index (κ2) is 4.65. The standard InChI is InChI=1S/C9H10ClN3O3/c1-15-5-16-7-3-13-9(12-8(7)10)6(4-14)2-11-13/h2-3,14H,4-5H2,1H3. The normalized spacial score (nSPS) is 10.9. The van der Waals surface area contributed by atoms with Gasteiger partial charge in [-0.3, -0.25) is 0 Å². The highest BCUT2D eigenvalue weighted by molar-refractivity contribution is 6.30. The number of aromatic nitrogens is 3. The summed E-state index contributed by atoms with van der Waals surface area (Å²) in [6, 6.07) is 0. The minimum absolute atomic E-state index is 0.0844. The van der Waals surface area contributed by atoms with Crippen LogP contribution in [0.3, 0.4) is 0 Å². The molecule has 0 aliphatic rings. The molecule has 86 valence electrons. The lowest BCUT2D eigenvalue weighted by molar-refractivity contribution is 0.0505. The molecule has 6 nitrogen and oxygen atoms in total. The summed E-state index contributed by atoms with van der Waals surface area (Å²) in [5.41, 5.74) is 1.12. The highest BCUT2D eigenvalue weighted by atomic mass is 35.5. The van der Waals surface area contributed by atoms with Crippen molar-refractivity contribution in [2.45, 2.75) is 6.61 Å². The summed E-state index contributed by atoms with van der Waals surface area (Å²) < 4.78 is 11.4. The number of hydrogen-bond acceptors (Lipinski definition) is 5. The first kappa shape index (κ1) is 11.1. The second-order valence-electron chi connectivity index (χ2n) is 3.04. The molecule has 0 unspecified atom stereocenters. The van der Waals surface area contributed by atoms with E-state index in [9.17, 15) is 0 Å². The maximum absolute atomic E-state index is 9.04. The van der Waals surface area contributed by atoms with Gasteiger partial charge < -0.3 is 14.6 Å². The van der Waals surface area contributed by atoms with Gasteiger partial charge in [0.15, 0.2) is 23.3 Å². The number of methoxy groups -OCH3 is 1. The van der Waals surface area contributed by atoms with Crippen LogP contribution in [-0.2, 0) is 11.3 Å². The summed E-state index contributed by atoms with van der Waals surface area (Å²) in [6.07, 6.45) is 3.11. The van der Waals surface area contributed by atoms with Crippen LogP contribution in [0, 0.1) is 0 Å². The fourth-order valence-corrected chi connectivity index (χ4v) is 1.44. The van der Waals surface area contributed by atoms with Crippen LogP contribution in [0.25, 0.3) is 5.65 Å². The van der Waals surface area contributed by atoms with Crippen LogP contribution >= 0.6 is 11.6 Å². The van der Waals surface area contributed by atoms with Crippen molar-refractivity contribution in [1.82, 2.24) is 14.6 Å². The molecule has 0 saturated carbocycles. The molecule has 0 saturated heterocycles. The fraction of sp³-hybridized carbons (Fsp3) is 0.333. The molecule has 0 atom stereocenters. The van der Waals surface area contributed by atoms with Crippen molar-refractivity contribution < 1.29 is 14.6 Å². The molecule has 0 aromatic carbocycles. The Morgan fingerprint density at radius 3 is 3.06 bits per heavy atom. The average molecular weight is 244 g/mol. The van der Waals surface area contributed by atoms with Crippen molar-refractivity contribution in [1.29, 1.82) is 0 Å². The van der Waals surface area contributed by atoms with E-state index in [1.54, 1.807) is 6.20 Å². The Morgan fingerprint density at radius 1 is 1.56 bits per heavy atom. The van der Waals surface area contributed by atoms with Gasteiger partial charge in [-0.1, -0.05) is 11.6 Å². The molecule has 2 aromatic rings. The number of hydrogen-bond donors (Lipinski definition) is 1. The maximum Gasteiger partial charge on any atom is 0.188 e. The molecule has 0 radical (unpaired) electrons. The van der Waals surface area contributed by atoms with Crippen molar-refractivity contribution in [2.75, 3.05) is 13.9 Å². The molecule has 0 aliphatic carbocycles.